The largest absolute Gasteiger partial charge is 0.467 e. The molecule has 0 N–H and O–H groups in total. The van der Waals surface area contributed by atoms with Gasteiger partial charge < -0.3 is 14.3 Å². The van der Waals surface area contributed by atoms with Crippen molar-refractivity contribution in [1.82, 2.24) is 0 Å². The molecule has 1 heterocycles. The van der Waals surface area contributed by atoms with Crippen molar-refractivity contribution in [2.24, 2.45) is 0 Å². The fourth-order valence-corrected chi connectivity index (χ4v) is 4.36. The maximum Gasteiger partial charge on any atom is 0.188 e. The SMILES string of the molecule is COCOc1c(-c2csc3ccc(CC=O)cc23)cc(C(C)C)cc1C(C)C. The number of aldehydes is 1. The zero-order valence-electron chi connectivity index (χ0n) is 17.2. The summed E-state index contributed by atoms with van der Waals surface area (Å²) in [6, 6.07) is 10.8. The van der Waals surface area contributed by atoms with Crippen molar-refractivity contribution < 1.29 is 14.3 Å². The second-order valence-electron chi connectivity index (χ2n) is 7.70. The minimum absolute atomic E-state index is 0.214. The van der Waals surface area contributed by atoms with Gasteiger partial charge in [-0.3, -0.25) is 0 Å². The number of methoxy groups -OCH3 is 1. The number of fused-ring (bicyclic) bond motifs is 1. The van der Waals surface area contributed by atoms with Crippen LogP contribution in [0.5, 0.6) is 5.75 Å². The topological polar surface area (TPSA) is 35.5 Å². The Hall–Kier alpha value is -2.17. The summed E-state index contributed by atoms with van der Waals surface area (Å²) in [6.07, 6.45) is 1.39. The lowest BCUT2D eigenvalue weighted by atomic mass is 9.89. The predicted molar refractivity (Wildman–Crippen MR) is 118 cm³/mol. The first-order chi connectivity index (χ1) is 13.5. The Morgan fingerprint density at radius 3 is 2.46 bits per heavy atom. The summed E-state index contributed by atoms with van der Waals surface area (Å²) < 4.78 is 12.5. The molecule has 0 spiro atoms. The normalized spacial score (nSPS) is 11.5. The Morgan fingerprint density at radius 1 is 1.04 bits per heavy atom. The third-order valence-corrected chi connectivity index (χ3v) is 5.96. The molecule has 0 aliphatic heterocycles. The summed E-state index contributed by atoms with van der Waals surface area (Å²) >= 11 is 1.72. The van der Waals surface area contributed by atoms with E-state index in [4.69, 9.17) is 9.47 Å². The lowest BCUT2D eigenvalue weighted by Gasteiger charge is -2.21. The molecular formula is C24H28O3S. The monoisotopic (exact) mass is 396 g/mol. The Bertz CT molecular complexity index is 969. The third-order valence-electron chi connectivity index (χ3n) is 5.00. The minimum Gasteiger partial charge on any atom is -0.467 e. The van der Waals surface area contributed by atoms with Crippen LogP contribution < -0.4 is 4.74 Å². The van der Waals surface area contributed by atoms with Crippen molar-refractivity contribution in [3.63, 3.8) is 0 Å². The van der Waals surface area contributed by atoms with Crippen molar-refractivity contribution in [2.75, 3.05) is 13.9 Å². The van der Waals surface area contributed by atoms with E-state index in [0.29, 0.717) is 18.3 Å². The quantitative estimate of drug-likeness (QED) is 0.320. The molecule has 3 rings (SSSR count). The van der Waals surface area contributed by atoms with Gasteiger partial charge in [0.2, 0.25) is 0 Å². The molecule has 0 saturated carbocycles. The van der Waals surface area contributed by atoms with E-state index in [-0.39, 0.29) is 6.79 Å². The van der Waals surface area contributed by atoms with Crippen LogP contribution in [0.2, 0.25) is 0 Å². The van der Waals surface area contributed by atoms with Gasteiger partial charge in [-0.25, -0.2) is 0 Å². The van der Waals surface area contributed by atoms with Crippen LogP contribution in [0.15, 0.2) is 35.7 Å². The number of carbonyl (C=O) groups excluding carboxylic acids is 1. The summed E-state index contributed by atoms with van der Waals surface area (Å²) in [6.45, 7) is 9.03. The van der Waals surface area contributed by atoms with Gasteiger partial charge in [0.25, 0.3) is 0 Å². The smallest absolute Gasteiger partial charge is 0.188 e. The van der Waals surface area contributed by atoms with E-state index in [1.807, 2.05) is 6.07 Å². The summed E-state index contributed by atoms with van der Waals surface area (Å²) in [5.41, 5.74) is 5.78. The summed E-state index contributed by atoms with van der Waals surface area (Å²) in [7, 11) is 1.64. The molecule has 4 heteroatoms. The average Bonchev–Trinajstić information content (AvgIpc) is 3.08. The fraction of sp³-hybridized carbons (Fsp3) is 0.375. The lowest BCUT2D eigenvalue weighted by Crippen LogP contribution is -2.06. The zero-order valence-corrected chi connectivity index (χ0v) is 18.1. The summed E-state index contributed by atoms with van der Waals surface area (Å²) in [5, 5.41) is 3.36. The maximum absolute atomic E-state index is 11.0. The summed E-state index contributed by atoms with van der Waals surface area (Å²) in [4.78, 5) is 11.0. The van der Waals surface area contributed by atoms with E-state index in [1.54, 1.807) is 18.4 Å². The van der Waals surface area contributed by atoms with Crippen molar-refractivity contribution >= 4 is 27.7 Å². The Labute approximate surface area is 171 Å². The van der Waals surface area contributed by atoms with Gasteiger partial charge >= 0.3 is 0 Å². The molecule has 0 bridgehead atoms. The van der Waals surface area contributed by atoms with Crippen molar-refractivity contribution in [2.45, 2.75) is 46.0 Å². The van der Waals surface area contributed by atoms with Crippen molar-refractivity contribution in [1.29, 1.82) is 0 Å². The van der Waals surface area contributed by atoms with E-state index in [9.17, 15) is 4.79 Å². The van der Waals surface area contributed by atoms with E-state index in [0.717, 1.165) is 28.7 Å². The van der Waals surface area contributed by atoms with E-state index >= 15 is 0 Å². The first-order valence-electron chi connectivity index (χ1n) is 9.70. The number of thiophene rings is 1. The predicted octanol–water partition coefficient (Wildman–Crippen LogP) is 6.54. The highest BCUT2D eigenvalue weighted by atomic mass is 32.1. The number of benzene rings is 2. The number of hydrogen-bond donors (Lipinski definition) is 0. The molecule has 3 aromatic rings. The fourth-order valence-electron chi connectivity index (χ4n) is 3.42. The Morgan fingerprint density at radius 2 is 1.82 bits per heavy atom. The molecule has 0 aliphatic carbocycles. The van der Waals surface area contributed by atoms with Crippen LogP contribution in [-0.2, 0) is 16.0 Å². The Kier molecular flexibility index (Phi) is 6.53. The molecule has 3 nitrogen and oxygen atoms in total. The standard InChI is InChI=1S/C24H28O3S/c1-15(2)18-11-19(16(3)4)24(27-14-26-5)21(12-18)22-13-28-23-7-6-17(8-9-25)10-20(22)23/h6-7,9-13,15-16H,8,14H2,1-5H3. The van der Waals surface area contributed by atoms with Crippen molar-refractivity contribution in [3.8, 4) is 16.9 Å². The van der Waals surface area contributed by atoms with Gasteiger partial charge in [-0.2, -0.15) is 0 Å². The first kappa shape index (κ1) is 20.6. The third kappa shape index (κ3) is 4.13. The molecule has 0 unspecified atom stereocenters. The molecule has 148 valence electrons. The zero-order chi connectivity index (χ0) is 20.3. The van der Waals surface area contributed by atoms with Gasteiger partial charge in [0.05, 0.1) is 0 Å². The average molecular weight is 397 g/mol. The molecule has 28 heavy (non-hydrogen) atoms. The minimum atomic E-state index is 0.214. The van der Waals surface area contributed by atoms with Gasteiger partial charge in [-0.05, 0) is 52.1 Å². The van der Waals surface area contributed by atoms with Crippen LogP contribution in [0.4, 0.5) is 0 Å². The second kappa shape index (κ2) is 8.89. The van der Waals surface area contributed by atoms with E-state index in [1.165, 1.54) is 21.2 Å². The molecule has 0 atom stereocenters. The molecule has 2 aromatic carbocycles. The molecule has 0 saturated heterocycles. The number of hydrogen-bond acceptors (Lipinski definition) is 4. The van der Waals surface area contributed by atoms with Gasteiger partial charge in [0.1, 0.15) is 12.0 Å². The van der Waals surface area contributed by atoms with Gasteiger partial charge in [0.15, 0.2) is 6.79 Å². The highest BCUT2D eigenvalue weighted by molar-refractivity contribution is 7.17. The highest BCUT2D eigenvalue weighted by Gasteiger charge is 2.20. The number of rotatable bonds is 8. The van der Waals surface area contributed by atoms with E-state index < -0.39 is 0 Å². The van der Waals surface area contributed by atoms with Crippen LogP contribution >= 0.6 is 11.3 Å². The van der Waals surface area contributed by atoms with Gasteiger partial charge in [-0.1, -0.05) is 39.8 Å². The van der Waals surface area contributed by atoms with Crippen LogP contribution in [-0.4, -0.2) is 20.2 Å². The van der Waals surface area contributed by atoms with Crippen LogP contribution in [0.1, 0.15) is 56.2 Å². The molecular weight excluding hydrogens is 368 g/mol. The molecule has 1 aromatic heterocycles. The van der Waals surface area contributed by atoms with E-state index in [2.05, 4.69) is 57.3 Å². The second-order valence-corrected chi connectivity index (χ2v) is 8.61. The highest BCUT2D eigenvalue weighted by Crippen LogP contribution is 2.44. The maximum atomic E-state index is 11.0. The lowest BCUT2D eigenvalue weighted by molar-refractivity contribution is -0.107. The molecule has 0 amide bonds. The van der Waals surface area contributed by atoms with Crippen LogP contribution in [0.3, 0.4) is 0 Å². The number of carbonyl (C=O) groups is 1. The Balaban J connectivity index is 2.28. The molecule has 0 radical (unpaired) electrons. The van der Waals surface area contributed by atoms with Crippen LogP contribution in [0, 0.1) is 0 Å². The first-order valence-corrected chi connectivity index (χ1v) is 10.6. The van der Waals surface area contributed by atoms with Crippen LogP contribution in [0.25, 0.3) is 21.2 Å². The summed E-state index contributed by atoms with van der Waals surface area (Å²) in [5.74, 6) is 1.64. The van der Waals surface area contributed by atoms with Gasteiger partial charge in [-0.15, -0.1) is 11.3 Å². The molecule has 0 aliphatic rings. The number of ether oxygens (including phenoxy) is 2. The van der Waals surface area contributed by atoms with Gasteiger partial charge in [0, 0.05) is 34.7 Å². The molecule has 0 fully saturated rings. The van der Waals surface area contributed by atoms with Crippen molar-refractivity contribution in [3.05, 3.63) is 52.4 Å².